The summed E-state index contributed by atoms with van der Waals surface area (Å²) in [4.78, 5) is 0. The van der Waals surface area contributed by atoms with E-state index in [0.29, 0.717) is 12.0 Å². The number of aliphatic hydroxyl groups excluding tert-OH is 1. The van der Waals surface area contributed by atoms with Crippen LogP contribution in [0, 0.1) is 17.7 Å². The van der Waals surface area contributed by atoms with Crippen molar-refractivity contribution in [2.24, 2.45) is 0 Å². The van der Waals surface area contributed by atoms with Crippen LogP contribution in [0.2, 0.25) is 0 Å². The standard InChI is InChI=1S/C12H12F2O2/c13-4-6-16-12-8-10(3-1-2-5-15)7-11(14)9-12/h7-9,15H,2,4-6H2. The molecule has 0 unspecified atom stereocenters. The Labute approximate surface area is 92.9 Å². The van der Waals surface area contributed by atoms with E-state index in [9.17, 15) is 8.78 Å². The minimum atomic E-state index is -0.623. The molecule has 0 aliphatic heterocycles. The summed E-state index contributed by atoms with van der Waals surface area (Å²) in [6.45, 7) is -0.761. The van der Waals surface area contributed by atoms with Gasteiger partial charge in [-0.15, -0.1) is 0 Å². The summed E-state index contributed by atoms with van der Waals surface area (Å²) in [5, 5.41) is 8.53. The summed E-state index contributed by atoms with van der Waals surface area (Å²) in [5.74, 6) is 5.12. The molecule has 1 aromatic rings. The van der Waals surface area contributed by atoms with Crippen LogP contribution in [-0.4, -0.2) is 25.0 Å². The zero-order chi connectivity index (χ0) is 11.8. The van der Waals surface area contributed by atoms with Crippen LogP contribution in [0.15, 0.2) is 18.2 Å². The molecule has 0 heterocycles. The Hall–Kier alpha value is -1.60. The highest BCUT2D eigenvalue weighted by Gasteiger charge is 2.00. The van der Waals surface area contributed by atoms with Crippen LogP contribution < -0.4 is 4.74 Å². The number of benzene rings is 1. The van der Waals surface area contributed by atoms with Crippen molar-refractivity contribution in [3.8, 4) is 17.6 Å². The van der Waals surface area contributed by atoms with Crippen LogP contribution in [0.5, 0.6) is 5.75 Å². The molecular weight excluding hydrogens is 214 g/mol. The highest BCUT2D eigenvalue weighted by molar-refractivity contribution is 5.40. The maximum absolute atomic E-state index is 13.1. The molecule has 0 aromatic heterocycles. The summed E-state index contributed by atoms with van der Waals surface area (Å²) >= 11 is 0. The predicted octanol–water partition coefficient (Wildman–Crippen LogP) is 1.91. The van der Waals surface area contributed by atoms with Gasteiger partial charge in [-0.25, -0.2) is 8.78 Å². The van der Waals surface area contributed by atoms with E-state index in [1.165, 1.54) is 18.2 Å². The van der Waals surface area contributed by atoms with Crippen molar-refractivity contribution >= 4 is 0 Å². The minimum absolute atomic E-state index is 0.0342. The Morgan fingerprint density at radius 1 is 1.31 bits per heavy atom. The van der Waals surface area contributed by atoms with E-state index < -0.39 is 12.5 Å². The third-order valence-corrected chi connectivity index (χ3v) is 1.69. The molecule has 1 rings (SSSR count). The zero-order valence-electron chi connectivity index (χ0n) is 8.67. The summed E-state index contributed by atoms with van der Waals surface area (Å²) in [6, 6.07) is 3.96. The van der Waals surface area contributed by atoms with Gasteiger partial charge in [-0.3, -0.25) is 0 Å². The van der Waals surface area contributed by atoms with Crippen molar-refractivity contribution in [3.05, 3.63) is 29.6 Å². The molecule has 16 heavy (non-hydrogen) atoms. The highest BCUT2D eigenvalue weighted by Crippen LogP contribution is 2.15. The third-order valence-electron chi connectivity index (χ3n) is 1.69. The lowest BCUT2D eigenvalue weighted by molar-refractivity contribution is 0.272. The van der Waals surface area contributed by atoms with Gasteiger partial charge in [-0.2, -0.15) is 0 Å². The maximum atomic E-state index is 13.1. The molecule has 0 radical (unpaired) electrons. The molecule has 0 bridgehead atoms. The van der Waals surface area contributed by atoms with Gasteiger partial charge < -0.3 is 9.84 Å². The molecule has 0 fully saturated rings. The Balaban J connectivity index is 2.78. The second kappa shape index (κ2) is 6.81. The Morgan fingerprint density at radius 3 is 2.81 bits per heavy atom. The van der Waals surface area contributed by atoms with Gasteiger partial charge in [0, 0.05) is 18.1 Å². The first-order chi connectivity index (χ1) is 7.76. The molecule has 0 aliphatic rings. The first-order valence-corrected chi connectivity index (χ1v) is 4.85. The van der Waals surface area contributed by atoms with Crippen LogP contribution >= 0.6 is 0 Å². The van der Waals surface area contributed by atoms with Crippen molar-refractivity contribution in [2.45, 2.75) is 6.42 Å². The molecule has 2 nitrogen and oxygen atoms in total. The largest absolute Gasteiger partial charge is 0.491 e. The van der Waals surface area contributed by atoms with E-state index in [1.54, 1.807) is 0 Å². The van der Waals surface area contributed by atoms with Crippen molar-refractivity contribution in [3.63, 3.8) is 0 Å². The van der Waals surface area contributed by atoms with Crippen LogP contribution in [0.1, 0.15) is 12.0 Å². The van der Waals surface area contributed by atoms with Crippen LogP contribution in [0.3, 0.4) is 0 Å². The zero-order valence-corrected chi connectivity index (χ0v) is 8.67. The lowest BCUT2D eigenvalue weighted by Gasteiger charge is -2.03. The average Bonchev–Trinajstić information content (AvgIpc) is 2.26. The number of rotatable bonds is 4. The smallest absolute Gasteiger partial charge is 0.128 e. The monoisotopic (exact) mass is 226 g/mol. The lowest BCUT2D eigenvalue weighted by Crippen LogP contribution is -1.99. The molecule has 4 heteroatoms. The van der Waals surface area contributed by atoms with Gasteiger partial charge in [0.15, 0.2) is 0 Å². The summed E-state index contributed by atoms with van der Waals surface area (Å²) in [7, 11) is 0. The lowest BCUT2D eigenvalue weighted by atomic mass is 10.2. The van der Waals surface area contributed by atoms with Crippen molar-refractivity contribution < 1.29 is 18.6 Å². The number of ether oxygens (including phenoxy) is 1. The topological polar surface area (TPSA) is 29.5 Å². The fraction of sp³-hybridized carbons (Fsp3) is 0.333. The molecule has 1 aromatic carbocycles. The fourth-order valence-corrected chi connectivity index (χ4v) is 1.10. The maximum Gasteiger partial charge on any atom is 0.128 e. The predicted molar refractivity (Wildman–Crippen MR) is 56.5 cm³/mol. The van der Waals surface area contributed by atoms with Gasteiger partial charge in [0.05, 0.1) is 6.61 Å². The van der Waals surface area contributed by atoms with E-state index in [2.05, 4.69) is 11.8 Å². The van der Waals surface area contributed by atoms with Crippen molar-refractivity contribution in [2.75, 3.05) is 19.9 Å². The first kappa shape index (κ1) is 12.5. The van der Waals surface area contributed by atoms with Gasteiger partial charge in [0.25, 0.3) is 0 Å². The highest BCUT2D eigenvalue weighted by atomic mass is 19.1. The number of halogens is 2. The van der Waals surface area contributed by atoms with Crippen LogP contribution in [0.4, 0.5) is 8.78 Å². The Bertz CT molecular complexity index is 394. The van der Waals surface area contributed by atoms with Gasteiger partial charge >= 0.3 is 0 Å². The molecule has 0 saturated carbocycles. The minimum Gasteiger partial charge on any atom is -0.491 e. The summed E-state index contributed by atoms with van der Waals surface area (Å²) < 4.78 is 29.9. The second-order valence-corrected chi connectivity index (χ2v) is 2.99. The van der Waals surface area contributed by atoms with Crippen molar-refractivity contribution in [1.29, 1.82) is 0 Å². The Morgan fingerprint density at radius 2 is 2.12 bits per heavy atom. The van der Waals surface area contributed by atoms with Gasteiger partial charge in [-0.1, -0.05) is 11.8 Å². The normalized spacial score (nSPS) is 9.44. The second-order valence-electron chi connectivity index (χ2n) is 2.99. The summed E-state index contributed by atoms with van der Waals surface area (Å²) in [6.07, 6.45) is 0.331. The molecule has 0 saturated heterocycles. The number of aliphatic hydroxyl groups is 1. The van der Waals surface area contributed by atoms with E-state index in [1.807, 2.05) is 0 Å². The van der Waals surface area contributed by atoms with Crippen LogP contribution in [-0.2, 0) is 0 Å². The van der Waals surface area contributed by atoms with E-state index in [4.69, 9.17) is 9.84 Å². The molecule has 0 aliphatic carbocycles. The van der Waals surface area contributed by atoms with Crippen LogP contribution in [0.25, 0.3) is 0 Å². The third kappa shape index (κ3) is 4.28. The quantitative estimate of drug-likeness (QED) is 0.795. The molecule has 0 atom stereocenters. The SMILES string of the molecule is OCCC#Cc1cc(F)cc(OCCF)c1. The molecular formula is C12H12F2O2. The van der Waals surface area contributed by atoms with Gasteiger partial charge in [0.2, 0.25) is 0 Å². The molecule has 0 amide bonds. The average molecular weight is 226 g/mol. The molecule has 1 N–H and O–H groups in total. The van der Waals surface area contributed by atoms with E-state index in [0.717, 1.165) is 0 Å². The first-order valence-electron chi connectivity index (χ1n) is 4.85. The fourth-order valence-electron chi connectivity index (χ4n) is 1.10. The molecule has 0 spiro atoms. The molecule has 86 valence electrons. The van der Waals surface area contributed by atoms with E-state index >= 15 is 0 Å². The van der Waals surface area contributed by atoms with E-state index in [-0.39, 0.29) is 19.0 Å². The number of hydrogen-bond acceptors (Lipinski definition) is 2. The van der Waals surface area contributed by atoms with Gasteiger partial charge in [-0.05, 0) is 12.1 Å². The van der Waals surface area contributed by atoms with Gasteiger partial charge in [0.1, 0.15) is 24.8 Å². The Kier molecular flexibility index (Phi) is 5.30. The van der Waals surface area contributed by atoms with Crippen molar-refractivity contribution in [1.82, 2.24) is 0 Å². The summed E-state index contributed by atoms with van der Waals surface area (Å²) in [5.41, 5.74) is 0.447. The number of alkyl halides is 1. The number of hydrogen-bond donors (Lipinski definition) is 1.